The van der Waals surface area contributed by atoms with Crippen molar-refractivity contribution >= 4 is 44.8 Å². The molecule has 0 amide bonds. The van der Waals surface area contributed by atoms with E-state index in [0.717, 1.165) is 32.6 Å². The first-order valence-electron chi connectivity index (χ1n) is 5.20. The second-order valence-electron chi connectivity index (χ2n) is 3.93. The van der Waals surface area contributed by atoms with Gasteiger partial charge in [-0.2, -0.15) is 5.10 Å². The first-order chi connectivity index (χ1) is 8.36. The fourth-order valence-electron chi connectivity index (χ4n) is 2.33. The molecular formula is C12H6N4S. The van der Waals surface area contributed by atoms with Gasteiger partial charge in [0.1, 0.15) is 11.0 Å². The summed E-state index contributed by atoms with van der Waals surface area (Å²) in [6, 6.07) is 8.12. The topological polar surface area (TPSA) is 54.5 Å². The van der Waals surface area contributed by atoms with Crippen LogP contribution in [-0.2, 0) is 0 Å². The maximum Gasteiger partial charge on any atom is 0.174 e. The number of nitrogens with zero attached hydrogens (tertiary/aromatic N) is 3. The lowest BCUT2D eigenvalue weighted by molar-refractivity contribution is 1.03. The Morgan fingerprint density at radius 1 is 1.00 bits per heavy atom. The number of benzene rings is 1. The Balaban J connectivity index is 2.54. The van der Waals surface area contributed by atoms with E-state index in [4.69, 9.17) is 12.2 Å². The van der Waals surface area contributed by atoms with Crippen molar-refractivity contribution in [1.29, 1.82) is 0 Å². The van der Waals surface area contributed by atoms with Crippen LogP contribution in [0.15, 0.2) is 30.5 Å². The SMILES string of the molecule is S=c1nnc2c3ccccc3c3cn[nH]c1c32. The van der Waals surface area contributed by atoms with Crippen LogP contribution < -0.4 is 0 Å². The molecule has 5 heteroatoms. The number of nitrogens with one attached hydrogen (secondary N) is 1. The highest BCUT2D eigenvalue weighted by Gasteiger charge is 2.13. The molecule has 4 nitrogen and oxygen atoms in total. The third-order valence-corrected chi connectivity index (χ3v) is 3.34. The minimum Gasteiger partial charge on any atom is -0.275 e. The van der Waals surface area contributed by atoms with E-state index >= 15 is 0 Å². The Bertz CT molecular complexity index is 878. The lowest BCUT2D eigenvalue weighted by atomic mass is 10.2. The van der Waals surface area contributed by atoms with Gasteiger partial charge in [-0.1, -0.05) is 36.5 Å². The van der Waals surface area contributed by atoms with Crippen LogP contribution in [0, 0.1) is 4.64 Å². The summed E-state index contributed by atoms with van der Waals surface area (Å²) < 4.78 is 0.464. The first-order valence-corrected chi connectivity index (χ1v) is 5.61. The van der Waals surface area contributed by atoms with E-state index in [9.17, 15) is 0 Å². The van der Waals surface area contributed by atoms with E-state index in [0.29, 0.717) is 4.64 Å². The van der Waals surface area contributed by atoms with E-state index in [-0.39, 0.29) is 0 Å². The minimum atomic E-state index is 0.464. The monoisotopic (exact) mass is 238 g/mol. The molecule has 2 aromatic carbocycles. The highest BCUT2D eigenvalue weighted by atomic mass is 32.1. The number of hydrogen-bond donors (Lipinski definition) is 1. The minimum absolute atomic E-state index is 0.464. The van der Waals surface area contributed by atoms with Gasteiger partial charge in [-0.15, -0.1) is 10.2 Å². The predicted molar refractivity (Wildman–Crippen MR) is 68.7 cm³/mol. The second-order valence-corrected chi connectivity index (χ2v) is 4.32. The van der Waals surface area contributed by atoms with E-state index in [1.54, 1.807) is 0 Å². The zero-order chi connectivity index (χ0) is 11.4. The summed E-state index contributed by atoms with van der Waals surface area (Å²) in [5.41, 5.74) is 1.68. The Kier molecular flexibility index (Phi) is 1.55. The van der Waals surface area contributed by atoms with Crippen molar-refractivity contribution in [3.05, 3.63) is 35.1 Å². The van der Waals surface area contributed by atoms with Gasteiger partial charge in [0.25, 0.3) is 0 Å². The molecule has 0 bridgehead atoms. The van der Waals surface area contributed by atoms with Crippen LogP contribution in [0.2, 0.25) is 0 Å². The molecule has 2 heterocycles. The van der Waals surface area contributed by atoms with E-state index in [1.165, 1.54) is 0 Å². The van der Waals surface area contributed by atoms with Gasteiger partial charge in [-0.25, -0.2) is 0 Å². The molecule has 17 heavy (non-hydrogen) atoms. The zero-order valence-electron chi connectivity index (χ0n) is 8.64. The molecule has 4 rings (SSSR count). The number of aromatic amines is 1. The predicted octanol–water partition coefficient (Wildman–Crippen LogP) is 2.83. The van der Waals surface area contributed by atoms with Gasteiger partial charge in [0, 0.05) is 16.2 Å². The summed E-state index contributed by atoms with van der Waals surface area (Å²) in [4.78, 5) is 0. The lowest BCUT2D eigenvalue weighted by Gasteiger charge is -1.95. The molecule has 0 aliphatic rings. The quantitative estimate of drug-likeness (QED) is 0.479. The molecule has 2 aromatic heterocycles. The fourth-order valence-corrected chi connectivity index (χ4v) is 2.52. The van der Waals surface area contributed by atoms with Gasteiger partial charge in [0.2, 0.25) is 0 Å². The number of aromatic nitrogens is 4. The molecule has 0 radical (unpaired) electrons. The number of hydrogen-bond acceptors (Lipinski definition) is 4. The molecule has 0 saturated carbocycles. The molecule has 0 atom stereocenters. The third-order valence-electron chi connectivity index (χ3n) is 3.05. The molecule has 80 valence electrons. The third kappa shape index (κ3) is 1.01. The average molecular weight is 238 g/mol. The highest BCUT2D eigenvalue weighted by Crippen LogP contribution is 2.34. The van der Waals surface area contributed by atoms with Crippen molar-refractivity contribution in [2.45, 2.75) is 0 Å². The van der Waals surface area contributed by atoms with E-state index in [1.807, 2.05) is 24.4 Å². The van der Waals surface area contributed by atoms with Crippen molar-refractivity contribution in [3.8, 4) is 0 Å². The first kappa shape index (κ1) is 8.95. The van der Waals surface area contributed by atoms with Crippen LogP contribution in [0.1, 0.15) is 0 Å². The Morgan fingerprint density at radius 2 is 1.82 bits per heavy atom. The maximum absolute atomic E-state index is 5.17. The average Bonchev–Trinajstić information content (AvgIpc) is 2.70. The summed E-state index contributed by atoms with van der Waals surface area (Å²) in [6.45, 7) is 0. The van der Waals surface area contributed by atoms with Gasteiger partial charge >= 0.3 is 0 Å². The summed E-state index contributed by atoms with van der Waals surface area (Å²) >= 11 is 5.17. The smallest absolute Gasteiger partial charge is 0.174 e. The van der Waals surface area contributed by atoms with Crippen molar-refractivity contribution in [2.24, 2.45) is 0 Å². The van der Waals surface area contributed by atoms with E-state index < -0.39 is 0 Å². The molecule has 0 unspecified atom stereocenters. The summed E-state index contributed by atoms with van der Waals surface area (Å²) in [5, 5.41) is 19.6. The number of fused-ring (bicyclic) bond motifs is 3. The molecule has 0 spiro atoms. The summed E-state index contributed by atoms with van der Waals surface area (Å²) in [5.74, 6) is 0. The van der Waals surface area contributed by atoms with E-state index in [2.05, 4.69) is 26.5 Å². The van der Waals surface area contributed by atoms with Crippen molar-refractivity contribution in [1.82, 2.24) is 20.4 Å². The van der Waals surface area contributed by atoms with Crippen molar-refractivity contribution in [2.75, 3.05) is 0 Å². The zero-order valence-corrected chi connectivity index (χ0v) is 9.45. The molecule has 4 aromatic rings. The van der Waals surface area contributed by atoms with Crippen molar-refractivity contribution in [3.63, 3.8) is 0 Å². The molecule has 0 aliphatic heterocycles. The molecular weight excluding hydrogens is 232 g/mol. The summed E-state index contributed by atoms with van der Waals surface area (Å²) in [6.07, 6.45) is 1.81. The van der Waals surface area contributed by atoms with Crippen LogP contribution in [0.5, 0.6) is 0 Å². The fraction of sp³-hybridized carbons (Fsp3) is 0. The van der Waals surface area contributed by atoms with Gasteiger partial charge in [-0.05, 0) is 5.39 Å². The Morgan fingerprint density at radius 3 is 2.71 bits per heavy atom. The lowest BCUT2D eigenvalue weighted by Crippen LogP contribution is -1.89. The largest absolute Gasteiger partial charge is 0.275 e. The molecule has 0 fully saturated rings. The van der Waals surface area contributed by atoms with Crippen LogP contribution in [0.4, 0.5) is 0 Å². The summed E-state index contributed by atoms with van der Waals surface area (Å²) in [7, 11) is 0. The van der Waals surface area contributed by atoms with Gasteiger partial charge < -0.3 is 0 Å². The van der Waals surface area contributed by atoms with Crippen LogP contribution >= 0.6 is 12.2 Å². The number of H-pyrrole nitrogens is 1. The Labute approximate surface area is 101 Å². The molecule has 0 saturated heterocycles. The van der Waals surface area contributed by atoms with Crippen LogP contribution in [0.25, 0.3) is 32.6 Å². The van der Waals surface area contributed by atoms with Crippen molar-refractivity contribution < 1.29 is 0 Å². The van der Waals surface area contributed by atoms with Gasteiger partial charge in [0.05, 0.1) is 6.20 Å². The maximum atomic E-state index is 5.17. The molecule has 1 N–H and O–H groups in total. The van der Waals surface area contributed by atoms with Crippen LogP contribution in [-0.4, -0.2) is 20.4 Å². The van der Waals surface area contributed by atoms with Crippen LogP contribution in [0.3, 0.4) is 0 Å². The standard InChI is InChI=1S/C12H6N4S/c17-12-11-9-8(5-13-14-11)6-3-1-2-4-7(6)10(9)15-16-12/h1-5,14H. The Hall–Kier alpha value is -2.14. The second kappa shape index (κ2) is 2.95. The highest BCUT2D eigenvalue weighted by molar-refractivity contribution is 7.71. The number of rotatable bonds is 0. The normalized spacial score (nSPS) is 11.8. The van der Waals surface area contributed by atoms with Gasteiger partial charge in [-0.3, -0.25) is 5.10 Å². The molecule has 0 aliphatic carbocycles. The van der Waals surface area contributed by atoms with Gasteiger partial charge in [0.15, 0.2) is 4.64 Å².